The van der Waals surface area contributed by atoms with Crippen LogP contribution in [0.15, 0.2) is 33.6 Å². The molecule has 0 amide bonds. The van der Waals surface area contributed by atoms with Gasteiger partial charge in [-0.15, -0.1) is 0 Å². The van der Waals surface area contributed by atoms with Crippen LogP contribution >= 0.6 is 15.9 Å². The van der Waals surface area contributed by atoms with Crippen molar-refractivity contribution in [1.29, 1.82) is 0 Å². The first-order chi connectivity index (χ1) is 10.7. The molecule has 0 aromatic heterocycles. The van der Waals surface area contributed by atoms with Crippen molar-refractivity contribution in [2.75, 3.05) is 54.4 Å². The molecule has 0 saturated carbocycles. The van der Waals surface area contributed by atoms with Gasteiger partial charge in [-0.2, -0.15) is 4.31 Å². The van der Waals surface area contributed by atoms with E-state index < -0.39 is 10.0 Å². The van der Waals surface area contributed by atoms with Crippen molar-refractivity contribution < 1.29 is 8.42 Å². The Labute approximate surface area is 149 Å². The molecule has 0 fully saturated rings. The highest BCUT2D eigenvalue weighted by molar-refractivity contribution is 9.10. The first-order valence-corrected chi connectivity index (χ1v) is 10.0. The molecular formula is C16H28BrN3O2S. The maximum Gasteiger partial charge on any atom is 0.243 e. The first-order valence-electron chi connectivity index (χ1n) is 7.78. The van der Waals surface area contributed by atoms with Gasteiger partial charge < -0.3 is 9.80 Å². The van der Waals surface area contributed by atoms with Gasteiger partial charge in [-0.3, -0.25) is 0 Å². The second-order valence-corrected chi connectivity index (χ2v) is 9.03. The Hall–Kier alpha value is -0.470. The van der Waals surface area contributed by atoms with Crippen LogP contribution in [0.1, 0.15) is 12.8 Å². The Kier molecular flexibility index (Phi) is 8.71. The van der Waals surface area contributed by atoms with E-state index in [1.54, 1.807) is 22.5 Å². The maximum absolute atomic E-state index is 12.9. The number of rotatable bonds is 10. The van der Waals surface area contributed by atoms with E-state index in [1.165, 1.54) is 0 Å². The Balaban J connectivity index is 2.86. The van der Waals surface area contributed by atoms with Crippen LogP contribution in [0, 0.1) is 0 Å². The highest BCUT2D eigenvalue weighted by atomic mass is 79.9. The zero-order chi connectivity index (χ0) is 17.5. The van der Waals surface area contributed by atoms with Crippen molar-refractivity contribution in [1.82, 2.24) is 14.1 Å². The molecule has 0 atom stereocenters. The Morgan fingerprint density at radius 3 is 1.87 bits per heavy atom. The van der Waals surface area contributed by atoms with Crippen LogP contribution < -0.4 is 0 Å². The minimum absolute atomic E-state index is 0.349. The second kappa shape index (κ2) is 9.74. The van der Waals surface area contributed by atoms with Crippen LogP contribution in [0.5, 0.6) is 0 Å². The lowest BCUT2D eigenvalue weighted by Crippen LogP contribution is -2.35. The zero-order valence-corrected chi connectivity index (χ0v) is 16.9. The van der Waals surface area contributed by atoms with E-state index >= 15 is 0 Å². The van der Waals surface area contributed by atoms with Crippen molar-refractivity contribution in [3.63, 3.8) is 0 Å². The summed E-state index contributed by atoms with van der Waals surface area (Å²) in [5.41, 5.74) is 0. The molecule has 23 heavy (non-hydrogen) atoms. The lowest BCUT2D eigenvalue weighted by molar-refractivity contribution is 0.326. The predicted octanol–water partition coefficient (Wildman–Crippen LogP) is 2.34. The molecule has 1 rings (SSSR count). The average molecular weight is 406 g/mol. The topological polar surface area (TPSA) is 43.9 Å². The highest BCUT2D eigenvalue weighted by Crippen LogP contribution is 2.20. The van der Waals surface area contributed by atoms with Gasteiger partial charge in [-0.05, 0) is 72.3 Å². The van der Waals surface area contributed by atoms with E-state index in [1.807, 2.05) is 34.3 Å². The maximum atomic E-state index is 12.9. The molecule has 1 aromatic carbocycles. The molecule has 7 heteroatoms. The molecule has 1 aromatic rings. The van der Waals surface area contributed by atoms with Crippen molar-refractivity contribution in [3.8, 4) is 0 Å². The number of benzene rings is 1. The van der Waals surface area contributed by atoms with Gasteiger partial charge in [0.1, 0.15) is 0 Å². The molecule has 0 N–H and O–H groups in total. The fourth-order valence-corrected chi connectivity index (χ4v) is 4.37. The number of halogens is 1. The summed E-state index contributed by atoms with van der Waals surface area (Å²) in [6, 6.07) is 6.92. The molecule has 0 radical (unpaired) electrons. The largest absolute Gasteiger partial charge is 0.309 e. The number of hydrogen-bond donors (Lipinski definition) is 0. The van der Waals surface area contributed by atoms with Crippen molar-refractivity contribution >= 4 is 26.0 Å². The molecule has 0 heterocycles. The predicted molar refractivity (Wildman–Crippen MR) is 99.2 cm³/mol. The van der Waals surface area contributed by atoms with Crippen molar-refractivity contribution in [2.45, 2.75) is 17.7 Å². The quantitative estimate of drug-likeness (QED) is 0.599. The van der Waals surface area contributed by atoms with Crippen LogP contribution in [-0.2, 0) is 10.0 Å². The minimum Gasteiger partial charge on any atom is -0.309 e. The molecule has 5 nitrogen and oxygen atoms in total. The van der Waals surface area contributed by atoms with E-state index in [-0.39, 0.29) is 0 Å². The summed E-state index contributed by atoms with van der Waals surface area (Å²) < 4.78 is 28.2. The second-order valence-electron chi connectivity index (χ2n) is 6.18. The van der Waals surface area contributed by atoms with Gasteiger partial charge in [0.05, 0.1) is 4.90 Å². The molecule has 132 valence electrons. The van der Waals surface area contributed by atoms with Crippen molar-refractivity contribution in [3.05, 3.63) is 28.7 Å². The number of sulfonamides is 1. The summed E-state index contributed by atoms with van der Waals surface area (Å²) in [6.07, 6.45) is 1.64. The summed E-state index contributed by atoms with van der Waals surface area (Å²) in [6.45, 7) is 2.83. The normalized spacial score (nSPS) is 12.5. The molecule has 0 aliphatic rings. The summed E-state index contributed by atoms with van der Waals surface area (Å²) in [4.78, 5) is 4.49. The van der Waals surface area contributed by atoms with Gasteiger partial charge in [0.25, 0.3) is 0 Å². The molecule has 0 aliphatic carbocycles. The zero-order valence-electron chi connectivity index (χ0n) is 14.5. The van der Waals surface area contributed by atoms with Gasteiger partial charge in [0.2, 0.25) is 10.0 Å². The van der Waals surface area contributed by atoms with E-state index in [9.17, 15) is 8.42 Å². The third-order valence-corrected chi connectivity index (χ3v) is 5.85. The summed E-state index contributed by atoms with van der Waals surface area (Å²) in [5.74, 6) is 0. The van der Waals surface area contributed by atoms with Gasteiger partial charge >= 0.3 is 0 Å². The molecule has 0 bridgehead atoms. The van der Waals surface area contributed by atoms with Gasteiger partial charge in [-0.1, -0.05) is 22.0 Å². The van der Waals surface area contributed by atoms with Gasteiger partial charge in [0.15, 0.2) is 0 Å². The molecule has 0 unspecified atom stereocenters. The molecule has 0 spiro atoms. The van der Waals surface area contributed by atoms with Crippen LogP contribution in [0.2, 0.25) is 0 Å². The Morgan fingerprint density at radius 2 is 1.43 bits per heavy atom. The van der Waals surface area contributed by atoms with Gasteiger partial charge in [-0.25, -0.2) is 8.42 Å². The Morgan fingerprint density at radius 1 is 0.913 bits per heavy atom. The smallest absolute Gasteiger partial charge is 0.243 e. The molecular weight excluding hydrogens is 378 g/mol. The Bertz CT molecular complexity index is 562. The third-order valence-electron chi connectivity index (χ3n) is 3.46. The van der Waals surface area contributed by atoms with Gasteiger partial charge in [0, 0.05) is 17.6 Å². The standard InChI is InChI=1S/C16H28BrN3O2S/c1-18(2)10-6-12-20(13-7-11-19(3)4)23(21,22)16-9-5-8-15(17)14-16/h5,8-9,14H,6-7,10-13H2,1-4H3. The summed E-state index contributed by atoms with van der Waals surface area (Å²) in [5, 5.41) is 0. The van der Waals surface area contributed by atoms with E-state index in [0.717, 1.165) is 30.4 Å². The number of hydrogen-bond acceptors (Lipinski definition) is 4. The third kappa shape index (κ3) is 7.30. The fraction of sp³-hybridized carbons (Fsp3) is 0.625. The SMILES string of the molecule is CN(C)CCCN(CCCN(C)C)S(=O)(=O)c1cccc(Br)c1. The van der Waals surface area contributed by atoms with E-state index in [0.29, 0.717) is 18.0 Å². The van der Waals surface area contributed by atoms with E-state index in [2.05, 4.69) is 25.7 Å². The molecule has 0 saturated heterocycles. The fourth-order valence-electron chi connectivity index (χ4n) is 2.26. The average Bonchev–Trinajstić information content (AvgIpc) is 2.45. The monoisotopic (exact) mass is 405 g/mol. The first kappa shape index (κ1) is 20.6. The summed E-state index contributed by atoms with van der Waals surface area (Å²) >= 11 is 3.35. The lowest BCUT2D eigenvalue weighted by atomic mass is 10.3. The number of nitrogens with zero attached hydrogens (tertiary/aromatic N) is 3. The van der Waals surface area contributed by atoms with Crippen LogP contribution in [0.3, 0.4) is 0 Å². The summed E-state index contributed by atoms with van der Waals surface area (Å²) in [7, 11) is 4.54. The van der Waals surface area contributed by atoms with Crippen molar-refractivity contribution in [2.24, 2.45) is 0 Å². The van der Waals surface area contributed by atoms with Crippen LogP contribution in [-0.4, -0.2) is 76.9 Å². The van der Waals surface area contributed by atoms with E-state index in [4.69, 9.17) is 0 Å². The minimum atomic E-state index is -3.45. The molecule has 0 aliphatic heterocycles. The van der Waals surface area contributed by atoms with Crippen LogP contribution in [0.25, 0.3) is 0 Å². The van der Waals surface area contributed by atoms with Crippen LogP contribution in [0.4, 0.5) is 0 Å². The highest BCUT2D eigenvalue weighted by Gasteiger charge is 2.24. The lowest BCUT2D eigenvalue weighted by Gasteiger charge is -2.24.